The van der Waals surface area contributed by atoms with Crippen molar-refractivity contribution in [2.24, 2.45) is 4.99 Å². The van der Waals surface area contributed by atoms with E-state index in [0.717, 1.165) is 38.2 Å². The van der Waals surface area contributed by atoms with Crippen molar-refractivity contribution in [1.82, 2.24) is 10.6 Å². The van der Waals surface area contributed by atoms with Gasteiger partial charge < -0.3 is 20.1 Å². The fourth-order valence-electron chi connectivity index (χ4n) is 2.14. The van der Waals surface area contributed by atoms with Crippen LogP contribution in [0.15, 0.2) is 23.2 Å². The lowest BCUT2D eigenvalue weighted by molar-refractivity contribution is -0.0504. The van der Waals surface area contributed by atoms with Crippen LogP contribution in [0.3, 0.4) is 0 Å². The van der Waals surface area contributed by atoms with Crippen LogP contribution >= 0.6 is 0 Å². The van der Waals surface area contributed by atoms with Crippen molar-refractivity contribution < 1.29 is 18.3 Å². The molecule has 0 radical (unpaired) electrons. The number of aryl methyl sites for hydroxylation is 1. The van der Waals surface area contributed by atoms with Gasteiger partial charge >= 0.3 is 6.61 Å². The molecule has 2 N–H and O–H groups in total. The molecule has 5 nitrogen and oxygen atoms in total. The van der Waals surface area contributed by atoms with Crippen LogP contribution in [0.1, 0.15) is 30.9 Å². The maximum absolute atomic E-state index is 12.5. The number of guanidine groups is 1. The molecule has 0 aliphatic heterocycles. The summed E-state index contributed by atoms with van der Waals surface area (Å²) < 4.78 is 34.8. The predicted octanol–water partition coefficient (Wildman–Crippen LogP) is 3.08. The molecular formula is C17H27F2N3O2. The third-order valence-electron chi connectivity index (χ3n) is 3.31. The molecule has 0 atom stereocenters. The van der Waals surface area contributed by atoms with Gasteiger partial charge in [-0.1, -0.05) is 17.7 Å². The third kappa shape index (κ3) is 8.10. The second-order valence-corrected chi connectivity index (χ2v) is 5.25. The lowest BCUT2D eigenvalue weighted by atomic mass is 10.1. The summed E-state index contributed by atoms with van der Waals surface area (Å²) in [6.07, 6.45) is 1.94. The minimum atomic E-state index is -2.84. The highest BCUT2D eigenvalue weighted by atomic mass is 19.3. The van der Waals surface area contributed by atoms with Gasteiger partial charge in [0.25, 0.3) is 0 Å². The van der Waals surface area contributed by atoms with E-state index in [-0.39, 0.29) is 5.75 Å². The molecule has 24 heavy (non-hydrogen) atoms. The fraction of sp³-hybridized carbons (Fsp3) is 0.588. The lowest BCUT2D eigenvalue weighted by Gasteiger charge is -2.15. The summed E-state index contributed by atoms with van der Waals surface area (Å²) >= 11 is 0. The zero-order valence-electron chi connectivity index (χ0n) is 14.6. The zero-order valence-corrected chi connectivity index (χ0v) is 14.6. The smallest absolute Gasteiger partial charge is 0.387 e. The molecule has 0 unspecified atom stereocenters. The Kier molecular flexibility index (Phi) is 9.76. The van der Waals surface area contributed by atoms with E-state index in [9.17, 15) is 8.78 Å². The van der Waals surface area contributed by atoms with Gasteiger partial charge in [0, 0.05) is 38.9 Å². The van der Waals surface area contributed by atoms with Gasteiger partial charge in [-0.05, 0) is 32.8 Å². The second-order valence-electron chi connectivity index (χ2n) is 5.25. The number of aliphatic imine (C=N–C) groups is 1. The number of hydrogen-bond acceptors (Lipinski definition) is 3. The van der Waals surface area contributed by atoms with Crippen LogP contribution < -0.4 is 15.4 Å². The van der Waals surface area contributed by atoms with Crippen molar-refractivity contribution in [3.05, 3.63) is 29.3 Å². The molecule has 0 aliphatic carbocycles. The Morgan fingerprint density at radius 3 is 2.71 bits per heavy atom. The van der Waals surface area contributed by atoms with E-state index in [1.54, 1.807) is 19.2 Å². The number of unbranched alkanes of at least 4 members (excludes halogenated alkanes) is 1. The number of alkyl halides is 2. The van der Waals surface area contributed by atoms with E-state index in [1.165, 1.54) is 0 Å². The molecule has 0 heterocycles. The molecule has 0 aliphatic rings. The number of ether oxygens (including phenoxy) is 2. The minimum absolute atomic E-state index is 0.176. The van der Waals surface area contributed by atoms with Crippen LogP contribution in [0.4, 0.5) is 8.78 Å². The topological polar surface area (TPSA) is 54.9 Å². The highest BCUT2D eigenvalue weighted by Gasteiger charge is 2.10. The van der Waals surface area contributed by atoms with E-state index >= 15 is 0 Å². The van der Waals surface area contributed by atoms with Crippen LogP contribution in [0.2, 0.25) is 0 Å². The van der Waals surface area contributed by atoms with Gasteiger partial charge in [0.1, 0.15) is 5.75 Å². The van der Waals surface area contributed by atoms with E-state index < -0.39 is 6.61 Å². The second kappa shape index (κ2) is 11.6. The van der Waals surface area contributed by atoms with Crippen LogP contribution in [-0.2, 0) is 11.3 Å². The Labute approximate surface area is 142 Å². The molecule has 0 fully saturated rings. The van der Waals surface area contributed by atoms with Crippen molar-refractivity contribution in [3.8, 4) is 5.75 Å². The summed E-state index contributed by atoms with van der Waals surface area (Å²) in [5, 5.41) is 6.30. The van der Waals surface area contributed by atoms with E-state index in [4.69, 9.17) is 4.74 Å². The average molecular weight is 343 g/mol. The van der Waals surface area contributed by atoms with Crippen LogP contribution in [0.25, 0.3) is 0 Å². The molecule has 0 aromatic heterocycles. The molecule has 7 heteroatoms. The zero-order chi connectivity index (χ0) is 17.8. The third-order valence-corrected chi connectivity index (χ3v) is 3.31. The van der Waals surface area contributed by atoms with Crippen LogP contribution in [-0.4, -0.2) is 39.4 Å². The molecule has 136 valence electrons. The Hall–Kier alpha value is -1.89. The van der Waals surface area contributed by atoms with Gasteiger partial charge in [-0.15, -0.1) is 0 Å². The lowest BCUT2D eigenvalue weighted by Crippen LogP contribution is -2.37. The van der Waals surface area contributed by atoms with Gasteiger partial charge in [-0.25, -0.2) is 0 Å². The standard InChI is InChI=1S/C17H27F2N3O2/c1-4-23-10-6-5-9-21-17(20-3)22-12-14-11-13(2)7-8-15(14)24-16(18)19/h7-8,11,16H,4-6,9-10,12H2,1-3H3,(H2,20,21,22). The first kappa shape index (κ1) is 20.2. The SMILES string of the molecule is CCOCCCCNC(=NC)NCc1cc(C)ccc1OC(F)F. The Bertz CT molecular complexity index is 511. The number of hydrogen-bond donors (Lipinski definition) is 2. The average Bonchev–Trinajstić information content (AvgIpc) is 2.55. The van der Waals surface area contributed by atoms with E-state index in [0.29, 0.717) is 18.1 Å². The molecule has 0 bridgehead atoms. The van der Waals surface area contributed by atoms with Crippen molar-refractivity contribution >= 4 is 5.96 Å². The summed E-state index contributed by atoms with van der Waals surface area (Å²) in [6.45, 7) is 3.64. The first-order valence-electron chi connectivity index (χ1n) is 8.13. The molecule has 0 saturated heterocycles. The number of nitrogens with zero attached hydrogens (tertiary/aromatic N) is 1. The van der Waals surface area contributed by atoms with Crippen LogP contribution in [0.5, 0.6) is 5.75 Å². The molecule has 0 spiro atoms. The van der Waals surface area contributed by atoms with Gasteiger partial charge in [0.15, 0.2) is 5.96 Å². The van der Waals surface area contributed by atoms with Crippen molar-refractivity contribution in [1.29, 1.82) is 0 Å². The monoisotopic (exact) mass is 343 g/mol. The maximum atomic E-state index is 12.5. The number of rotatable bonds is 10. The summed E-state index contributed by atoms with van der Waals surface area (Å²) in [5.41, 5.74) is 1.64. The normalized spacial score (nSPS) is 11.7. The molecule has 1 aromatic carbocycles. The molecule has 1 rings (SSSR count). The predicted molar refractivity (Wildman–Crippen MR) is 91.7 cm³/mol. The summed E-state index contributed by atoms with van der Waals surface area (Å²) in [6, 6.07) is 5.12. The molecular weight excluding hydrogens is 316 g/mol. The molecule has 0 saturated carbocycles. The van der Waals surface area contributed by atoms with E-state index in [2.05, 4.69) is 20.4 Å². The maximum Gasteiger partial charge on any atom is 0.387 e. The van der Waals surface area contributed by atoms with E-state index in [1.807, 2.05) is 19.9 Å². The minimum Gasteiger partial charge on any atom is -0.434 e. The van der Waals surface area contributed by atoms with Crippen molar-refractivity contribution in [2.45, 2.75) is 39.8 Å². The van der Waals surface area contributed by atoms with Gasteiger partial charge in [0.05, 0.1) is 0 Å². The van der Waals surface area contributed by atoms with Crippen molar-refractivity contribution in [3.63, 3.8) is 0 Å². The number of nitrogens with one attached hydrogen (secondary N) is 2. The van der Waals surface area contributed by atoms with Crippen LogP contribution in [0, 0.1) is 6.92 Å². The summed E-state index contributed by atoms with van der Waals surface area (Å²) in [4.78, 5) is 4.12. The fourth-order valence-corrected chi connectivity index (χ4v) is 2.14. The van der Waals surface area contributed by atoms with Crippen molar-refractivity contribution in [2.75, 3.05) is 26.8 Å². The summed E-state index contributed by atoms with van der Waals surface area (Å²) in [5.74, 6) is 0.797. The highest BCUT2D eigenvalue weighted by Crippen LogP contribution is 2.21. The number of benzene rings is 1. The summed E-state index contributed by atoms with van der Waals surface area (Å²) in [7, 11) is 1.67. The first-order chi connectivity index (χ1) is 11.6. The Morgan fingerprint density at radius 1 is 1.25 bits per heavy atom. The van der Waals surface area contributed by atoms with Gasteiger partial charge in [0.2, 0.25) is 0 Å². The molecule has 0 amide bonds. The largest absolute Gasteiger partial charge is 0.434 e. The molecule has 1 aromatic rings. The van der Waals surface area contributed by atoms with Gasteiger partial charge in [-0.2, -0.15) is 8.78 Å². The quantitative estimate of drug-likeness (QED) is 0.389. The Morgan fingerprint density at radius 2 is 2.04 bits per heavy atom. The highest BCUT2D eigenvalue weighted by molar-refractivity contribution is 5.79. The Balaban J connectivity index is 2.46. The van der Waals surface area contributed by atoms with Gasteiger partial charge in [-0.3, -0.25) is 4.99 Å². The number of halogens is 2. The first-order valence-corrected chi connectivity index (χ1v) is 8.13.